The number of hydrogen-bond donors (Lipinski definition) is 1. The van der Waals surface area contributed by atoms with Crippen molar-refractivity contribution in [3.63, 3.8) is 0 Å². The summed E-state index contributed by atoms with van der Waals surface area (Å²) in [6.07, 6.45) is -4.19. The fraction of sp³-hybridized carbons (Fsp3) is 0.300. The zero-order valence-corrected chi connectivity index (χ0v) is 17.8. The van der Waals surface area contributed by atoms with E-state index in [4.69, 9.17) is 4.84 Å². The van der Waals surface area contributed by atoms with E-state index >= 15 is 0 Å². The molecule has 0 spiro atoms. The Labute approximate surface area is 185 Å². The van der Waals surface area contributed by atoms with Gasteiger partial charge in [0, 0.05) is 25.9 Å². The van der Waals surface area contributed by atoms with Crippen LogP contribution in [0.1, 0.15) is 18.7 Å². The van der Waals surface area contributed by atoms with Crippen LogP contribution in [0.2, 0.25) is 0 Å². The lowest BCUT2D eigenvalue weighted by atomic mass is 10.1. The highest BCUT2D eigenvalue weighted by Gasteiger charge is 2.32. The van der Waals surface area contributed by atoms with Crippen molar-refractivity contribution in [3.8, 4) is 5.75 Å². The van der Waals surface area contributed by atoms with Crippen LogP contribution in [-0.2, 0) is 21.5 Å². The monoisotopic (exact) mass is 486 g/mol. The number of ether oxygens (including phenoxy) is 1. The third-order valence-electron chi connectivity index (χ3n) is 4.88. The highest BCUT2D eigenvalue weighted by atomic mass is 32.2. The molecule has 1 saturated heterocycles. The minimum Gasteiger partial charge on any atom is -0.406 e. The molecule has 0 saturated carbocycles. The molecule has 8 nitrogen and oxygen atoms in total. The Kier molecular flexibility index (Phi) is 6.26. The predicted octanol–water partition coefficient (Wildman–Crippen LogP) is 3.96. The maximum atomic E-state index is 13.2. The Bertz CT molecular complexity index is 1260. The Morgan fingerprint density at radius 1 is 1.09 bits per heavy atom. The van der Waals surface area contributed by atoms with E-state index in [1.807, 2.05) is 0 Å². The number of benzene rings is 2. The highest BCUT2D eigenvalue weighted by molar-refractivity contribution is 7.89. The molecule has 1 aliphatic heterocycles. The molecule has 0 radical (unpaired) electrons. The number of imidazole rings is 1. The Hall–Kier alpha value is -3.19. The molecule has 13 heteroatoms. The summed E-state index contributed by atoms with van der Waals surface area (Å²) in [5, 5.41) is 4.04. The number of aromatic nitrogens is 2. The molecule has 2 aromatic carbocycles. The molecule has 0 amide bonds. The first-order chi connectivity index (χ1) is 15.6. The number of oxime groups is 1. The van der Waals surface area contributed by atoms with Crippen molar-refractivity contribution in [2.24, 2.45) is 5.16 Å². The molecule has 1 aliphatic rings. The molecular weight excluding hydrogens is 468 g/mol. The van der Waals surface area contributed by atoms with Crippen LogP contribution in [0.3, 0.4) is 0 Å². The van der Waals surface area contributed by atoms with Gasteiger partial charge in [-0.3, -0.25) is 0 Å². The zero-order valence-electron chi connectivity index (χ0n) is 17.0. The number of fused-ring (bicyclic) bond motifs is 1. The fourth-order valence-electron chi connectivity index (χ4n) is 3.33. The molecule has 0 unspecified atom stereocenters. The second kappa shape index (κ2) is 8.98. The van der Waals surface area contributed by atoms with E-state index in [2.05, 4.69) is 19.9 Å². The van der Waals surface area contributed by atoms with Crippen LogP contribution in [0, 0.1) is 5.82 Å². The molecule has 176 valence electrons. The number of piperidine rings is 1. The minimum absolute atomic E-state index is 0.0359. The number of nitrogens with zero attached hydrogens (tertiary/aromatic N) is 3. The summed E-state index contributed by atoms with van der Waals surface area (Å²) in [5.41, 5.74) is 1.80. The van der Waals surface area contributed by atoms with Gasteiger partial charge in [0.25, 0.3) is 0 Å². The van der Waals surface area contributed by atoms with E-state index in [9.17, 15) is 26.0 Å². The Morgan fingerprint density at radius 3 is 2.45 bits per heavy atom. The summed E-state index contributed by atoms with van der Waals surface area (Å²) in [5.74, 6) is -0.412. The van der Waals surface area contributed by atoms with Gasteiger partial charge < -0.3 is 14.6 Å². The van der Waals surface area contributed by atoms with Crippen molar-refractivity contribution in [2.45, 2.75) is 30.7 Å². The van der Waals surface area contributed by atoms with Crippen LogP contribution in [0.25, 0.3) is 11.0 Å². The summed E-state index contributed by atoms with van der Waals surface area (Å²) in [7, 11) is -3.87. The standard InChI is InChI=1S/C20H18F4N4O4S/c21-13-1-6-17-18(11-13)26-19(25-17)12-31-27-14-7-9-28(10-8-14)33(29,30)16-4-2-15(3-5-16)32-20(22,23)24/h1-6,11H,7-10,12H2,(H,25,26). The lowest BCUT2D eigenvalue weighted by Gasteiger charge is -2.26. The molecule has 1 N–H and O–H groups in total. The number of hydrogen-bond acceptors (Lipinski definition) is 6. The molecule has 1 aromatic heterocycles. The van der Waals surface area contributed by atoms with Crippen molar-refractivity contribution in [3.05, 3.63) is 54.1 Å². The molecule has 0 bridgehead atoms. The number of rotatable bonds is 6. The van der Waals surface area contributed by atoms with Gasteiger partial charge in [0.2, 0.25) is 10.0 Å². The first-order valence-corrected chi connectivity index (χ1v) is 11.2. The van der Waals surface area contributed by atoms with Gasteiger partial charge in [0.05, 0.1) is 21.6 Å². The van der Waals surface area contributed by atoms with E-state index in [1.54, 1.807) is 6.07 Å². The van der Waals surface area contributed by atoms with Crippen LogP contribution in [0.15, 0.2) is 52.5 Å². The largest absolute Gasteiger partial charge is 0.573 e. The van der Waals surface area contributed by atoms with Gasteiger partial charge in [-0.05, 0) is 42.5 Å². The van der Waals surface area contributed by atoms with Crippen LogP contribution >= 0.6 is 0 Å². The quantitative estimate of drug-likeness (QED) is 0.420. The number of nitrogens with one attached hydrogen (secondary N) is 1. The number of alkyl halides is 3. The maximum Gasteiger partial charge on any atom is 0.573 e. The average Bonchev–Trinajstić information content (AvgIpc) is 3.15. The first kappa shape index (κ1) is 23.0. The van der Waals surface area contributed by atoms with Crippen LogP contribution in [-0.4, -0.2) is 47.9 Å². The minimum atomic E-state index is -4.85. The lowest BCUT2D eigenvalue weighted by molar-refractivity contribution is -0.274. The van der Waals surface area contributed by atoms with Crippen LogP contribution < -0.4 is 4.74 Å². The second-order valence-electron chi connectivity index (χ2n) is 7.20. The maximum absolute atomic E-state index is 13.2. The number of sulfonamides is 1. The second-order valence-corrected chi connectivity index (χ2v) is 9.14. The molecule has 1 fully saturated rings. The van der Waals surface area contributed by atoms with Gasteiger partial charge in [-0.2, -0.15) is 4.31 Å². The molecule has 3 aromatic rings. The molecule has 0 aliphatic carbocycles. The summed E-state index contributed by atoms with van der Waals surface area (Å²) in [4.78, 5) is 12.4. The fourth-order valence-corrected chi connectivity index (χ4v) is 4.77. The van der Waals surface area contributed by atoms with Crippen molar-refractivity contribution in [1.29, 1.82) is 0 Å². The Balaban J connectivity index is 1.32. The van der Waals surface area contributed by atoms with E-state index in [0.29, 0.717) is 35.4 Å². The SMILES string of the molecule is O=S(=O)(c1ccc(OC(F)(F)F)cc1)N1CCC(=NOCc2nc3ccc(F)cc3[nH]2)CC1. The average molecular weight is 486 g/mol. The summed E-state index contributed by atoms with van der Waals surface area (Å²) >= 11 is 0. The predicted molar refractivity (Wildman–Crippen MR) is 109 cm³/mol. The smallest absolute Gasteiger partial charge is 0.406 e. The first-order valence-electron chi connectivity index (χ1n) is 9.78. The van der Waals surface area contributed by atoms with E-state index in [-0.39, 0.29) is 30.4 Å². The van der Waals surface area contributed by atoms with Gasteiger partial charge in [0.15, 0.2) is 6.61 Å². The molecular formula is C20H18F4N4O4S. The number of halogens is 4. The van der Waals surface area contributed by atoms with E-state index in [1.165, 1.54) is 16.4 Å². The molecule has 33 heavy (non-hydrogen) atoms. The summed E-state index contributed by atoms with van der Waals surface area (Å²) < 4.78 is 80.5. The lowest BCUT2D eigenvalue weighted by Crippen LogP contribution is -2.38. The van der Waals surface area contributed by atoms with E-state index in [0.717, 1.165) is 24.3 Å². The zero-order chi connectivity index (χ0) is 23.6. The molecule has 2 heterocycles. The highest BCUT2D eigenvalue weighted by Crippen LogP contribution is 2.26. The van der Waals surface area contributed by atoms with Gasteiger partial charge >= 0.3 is 6.36 Å². The number of aromatic amines is 1. The Morgan fingerprint density at radius 2 is 1.79 bits per heavy atom. The third kappa shape index (κ3) is 5.60. The van der Waals surface area contributed by atoms with Crippen molar-refractivity contribution >= 4 is 26.8 Å². The van der Waals surface area contributed by atoms with Crippen LogP contribution in [0.4, 0.5) is 17.6 Å². The summed E-state index contributed by atoms with van der Waals surface area (Å²) in [6, 6.07) is 8.23. The molecule has 0 atom stereocenters. The van der Waals surface area contributed by atoms with Crippen molar-refractivity contribution < 1.29 is 35.6 Å². The topological polar surface area (TPSA) is 96.9 Å². The normalized spacial score (nSPS) is 15.6. The van der Waals surface area contributed by atoms with Gasteiger partial charge in [-0.15, -0.1) is 13.2 Å². The van der Waals surface area contributed by atoms with Crippen molar-refractivity contribution in [2.75, 3.05) is 13.1 Å². The van der Waals surface area contributed by atoms with Crippen LogP contribution in [0.5, 0.6) is 5.75 Å². The van der Waals surface area contributed by atoms with Gasteiger partial charge in [-0.1, -0.05) is 5.16 Å². The van der Waals surface area contributed by atoms with Gasteiger partial charge in [-0.25, -0.2) is 17.8 Å². The van der Waals surface area contributed by atoms with E-state index < -0.39 is 22.1 Å². The third-order valence-corrected chi connectivity index (χ3v) is 6.80. The summed E-state index contributed by atoms with van der Waals surface area (Å²) in [6.45, 7) is 0.332. The van der Waals surface area contributed by atoms with Gasteiger partial charge in [0.1, 0.15) is 17.4 Å². The molecule has 4 rings (SSSR count). The number of H-pyrrole nitrogens is 1. The van der Waals surface area contributed by atoms with Crippen molar-refractivity contribution in [1.82, 2.24) is 14.3 Å².